The first kappa shape index (κ1) is 21.3. The quantitative estimate of drug-likeness (QED) is 0.634. The highest BCUT2D eigenvalue weighted by Gasteiger charge is 2.24. The van der Waals surface area contributed by atoms with E-state index >= 15 is 0 Å². The summed E-state index contributed by atoms with van der Waals surface area (Å²) in [7, 11) is 4.34. The fourth-order valence-electron chi connectivity index (χ4n) is 4.20. The minimum Gasteiger partial charge on any atom is -0.494 e. The fourth-order valence-corrected chi connectivity index (χ4v) is 5.33. The summed E-state index contributed by atoms with van der Waals surface area (Å²) >= 11 is 1.70. The van der Waals surface area contributed by atoms with Gasteiger partial charge in [0, 0.05) is 49.5 Å². The lowest BCUT2D eigenvalue weighted by atomic mass is 10.2. The maximum atomic E-state index is 11.6. The summed E-state index contributed by atoms with van der Waals surface area (Å²) in [6, 6.07) is 8.94. The van der Waals surface area contributed by atoms with E-state index in [1.54, 1.807) is 18.3 Å². The van der Waals surface area contributed by atoms with Crippen molar-refractivity contribution in [1.82, 2.24) is 19.7 Å². The number of fused-ring (bicyclic) bond motifs is 1. The van der Waals surface area contributed by atoms with Gasteiger partial charge >= 0.3 is 0 Å². The summed E-state index contributed by atoms with van der Waals surface area (Å²) in [5, 5.41) is 1.03. The van der Waals surface area contributed by atoms with Crippen LogP contribution in [-0.2, 0) is 17.8 Å². The Labute approximate surface area is 183 Å². The average molecular weight is 429 g/mol. The predicted molar refractivity (Wildman–Crippen MR) is 121 cm³/mol. The molecule has 162 valence electrons. The molecule has 1 aromatic carbocycles. The number of thiazole rings is 1. The van der Waals surface area contributed by atoms with Crippen LogP contribution < -0.4 is 4.74 Å². The van der Waals surface area contributed by atoms with Crippen LogP contribution in [0.25, 0.3) is 10.6 Å². The van der Waals surface area contributed by atoms with Gasteiger partial charge in [0.2, 0.25) is 5.91 Å². The second-order valence-electron chi connectivity index (χ2n) is 8.51. The van der Waals surface area contributed by atoms with E-state index in [1.807, 2.05) is 17.0 Å². The van der Waals surface area contributed by atoms with E-state index in [0.717, 1.165) is 54.6 Å². The number of ether oxygens (including phenoxy) is 1. The largest absolute Gasteiger partial charge is 0.494 e. The average Bonchev–Trinajstić information content (AvgIpc) is 3.38. The van der Waals surface area contributed by atoms with Gasteiger partial charge in [-0.3, -0.25) is 4.79 Å². The SMILES string of the molecule is CC(=O)N1CCc2nc(-c3ccc(OCCCN4CC[C@H](N(C)C)C4)cc3)sc2C1. The zero-order valence-corrected chi connectivity index (χ0v) is 19.1. The third-order valence-corrected chi connectivity index (χ3v) is 7.27. The van der Waals surface area contributed by atoms with Crippen LogP contribution in [-0.4, -0.2) is 78.5 Å². The number of amides is 1. The molecule has 0 radical (unpaired) electrons. The predicted octanol–water partition coefficient (Wildman–Crippen LogP) is 3.12. The lowest BCUT2D eigenvalue weighted by Gasteiger charge is -2.24. The third-order valence-electron chi connectivity index (χ3n) is 6.14. The van der Waals surface area contributed by atoms with Crippen molar-refractivity contribution in [3.8, 4) is 16.3 Å². The molecule has 0 saturated carbocycles. The Hall–Kier alpha value is -1.96. The summed E-state index contributed by atoms with van der Waals surface area (Å²) < 4.78 is 5.95. The van der Waals surface area contributed by atoms with E-state index in [-0.39, 0.29) is 5.91 Å². The highest BCUT2D eigenvalue weighted by atomic mass is 32.1. The molecule has 0 aliphatic carbocycles. The van der Waals surface area contributed by atoms with E-state index in [4.69, 9.17) is 9.72 Å². The first-order valence-electron chi connectivity index (χ1n) is 10.9. The zero-order valence-electron chi connectivity index (χ0n) is 18.3. The van der Waals surface area contributed by atoms with Crippen molar-refractivity contribution in [3.63, 3.8) is 0 Å². The molecule has 2 aromatic rings. The lowest BCUT2D eigenvalue weighted by Crippen LogP contribution is -2.33. The Balaban J connectivity index is 1.25. The normalized spacial score (nSPS) is 19.3. The molecule has 0 unspecified atom stereocenters. The van der Waals surface area contributed by atoms with Crippen molar-refractivity contribution in [2.75, 3.05) is 46.9 Å². The van der Waals surface area contributed by atoms with Gasteiger partial charge in [0.1, 0.15) is 10.8 Å². The first-order chi connectivity index (χ1) is 14.5. The van der Waals surface area contributed by atoms with Gasteiger partial charge in [-0.25, -0.2) is 4.98 Å². The molecule has 3 heterocycles. The Bertz CT molecular complexity index is 865. The molecule has 2 aliphatic heterocycles. The monoisotopic (exact) mass is 428 g/mol. The summed E-state index contributed by atoms with van der Waals surface area (Å²) in [6.07, 6.45) is 3.16. The molecule has 1 amide bonds. The minimum atomic E-state index is 0.138. The Kier molecular flexibility index (Phi) is 6.71. The van der Waals surface area contributed by atoms with Gasteiger partial charge in [0.05, 0.1) is 18.8 Å². The van der Waals surface area contributed by atoms with E-state index in [0.29, 0.717) is 12.6 Å². The summed E-state index contributed by atoms with van der Waals surface area (Å²) in [5.74, 6) is 1.05. The molecule has 1 saturated heterocycles. The lowest BCUT2D eigenvalue weighted by molar-refractivity contribution is -0.129. The van der Waals surface area contributed by atoms with Crippen molar-refractivity contribution in [2.45, 2.75) is 38.8 Å². The van der Waals surface area contributed by atoms with Crippen LogP contribution >= 0.6 is 11.3 Å². The number of carbonyl (C=O) groups excluding carboxylic acids is 1. The molecule has 6 nitrogen and oxygen atoms in total. The van der Waals surface area contributed by atoms with Crippen LogP contribution in [0, 0.1) is 0 Å². The zero-order chi connectivity index (χ0) is 21.1. The van der Waals surface area contributed by atoms with Crippen molar-refractivity contribution in [3.05, 3.63) is 34.8 Å². The fraction of sp³-hybridized carbons (Fsp3) is 0.565. The van der Waals surface area contributed by atoms with Crippen LogP contribution in [0.2, 0.25) is 0 Å². The first-order valence-corrected chi connectivity index (χ1v) is 11.7. The van der Waals surface area contributed by atoms with Crippen LogP contribution in [0.1, 0.15) is 30.3 Å². The Morgan fingerprint density at radius 3 is 2.77 bits per heavy atom. The van der Waals surface area contributed by atoms with Gasteiger partial charge in [0.15, 0.2) is 0 Å². The third kappa shape index (κ3) is 5.02. The number of benzene rings is 1. The van der Waals surface area contributed by atoms with E-state index in [2.05, 4.69) is 36.0 Å². The highest BCUT2D eigenvalue weighted by Crippen LogP contribution is 2.32. The number of nitrogens with zero attached hydrogens (tertiary/aromatic N) is 4. The standard InChI is InChI=1S/C23H32N4O2S/c1-17(28)27-13-10-21-22(16-27)30-23(24-21)18-5-7-20(8-6-18)29-14-4-11-26-12-9-19(15-26)25(2)3/h5-8,19H,4,9-16H2,1-3H3/t19-/m0/s1. The van der Waals surface area contributed by atoms with Gasteiger partial charge in [0.25, 0.3) is 0 Å². The maximum Gasteiger partial charge on any atom is 0.219 e. The van der Waals surface area contributed by atoms with Gasteiger partial charge in [-0.2, -0.15) is 0 Å². The van der Waals surface area contributed by atoms with Crippen molar-refractivity contribution < 1.29 is 9.53 Å². The number of aromatic nitrogens is 1. The molecule has 1 fully saturated rings. The van der Waals surface area contributed by atoms with Crippen molar-refractivity contribution in [1.29, 1.82) is 0 Å². The number of rotatable bonds is 7. The minimum absolute atomic E-state index is 0.138. The van der Waals surface area contributed by atoms with E-state index in [1.165, 1.54) is 24.4 Å². The second-order valence-corrected chi connectivity index (χ2v) is 9.60. The van der Waals surface area contributed by atoms with Crippen LogP contribution in [0.15, 0.2) is 24.3 Å². The summed E-state index contributed by atoms with van der Waals surface area (Å²) in [4.78, 5) is 24.4. The van der Waals surface area contributed by atoms with E-state index < -0.39 is 0 Å². The molecule has 7 heteroatoms. The number of hydrogen-bond acceptors (Lipinski definition) is 6. The van der Waals surface area contributed by atoms with Gasteiger partial charge < -0.3 is 19.4 Å². The summed E-state index contributed by atoms with van der Waals surface area (Å²) in [6.45, 7) is 7.31. The van der Waals surface area contributed by atoms with Crippen LogP contribution in [0.5, 0.6) is 5.75 Å². The van der Waals surface area contributed by atoms with Crippen molar-refractivity contribution in [2.24, 2.45) is 0 Å². The number of hydrogen-bond donors (Lipinski definition) is 0. The topological polar surface area (TPSA) is 48.9 Å². The molecular formula is C23H32N4O2S. The number of likely N-dealkylation sites (N-methyl/N-ethyl adjacent to an activating group) is 1. The van der Waals surface area contributed by atoms with Gasteiger partial charge in [-0.15, -0.1) is 11.3 Å². The molecule has 30 heavy (non-hydrogen) atoms. The maximum absolute atomic E-state index is 11.6. The van der Waals surface area contributed by atoms with Gasteiger partial charge in [-0.05, 0) is 57.7 Å². The van der Waals surface area contributed by atoms with Crippen LogP contribution in [0.4, 0.5) is 0 Å². The molecule has 1 aromatic heterocycles. The van der Waals surface area contributed by atoms with Crippen molar-refractivity contribution >= 4 is 17.2 Å². The molecule has 4 rings (SSSR count). The molecule has 1 atom stereocenters. The molecule has 0 bridgehead atoms. The Morgan fingerprint density at radius 2 is 2.07 bits per heavy atom. The highest BCUT2D eigenvalue weighted by molar-refractivity contribution is 7.15. The number of likely N-dealkylation sites (tertiary alicyclic amines) is 1. The van der Waals surface area contributed by atoms with E-state index in [9.17, 15) is 4.79 Å². The van der Waals surface area contributed by atoms with Crippen LogP contribution in [0.3, 0.4) is 0 Å². The smallest absolute Gasteiger partial charge is 0.219 e. The molecule has 0 N–H and O–H groups in total. The van der Waals surface area contributed by atoms with Gasteiger partial charge in [-0.1, -0.05) is 0 Å². The molecule has 2 aliphatic rings. The number of carbonyl (C=O) groups is 1. The Morgan fingerprint density at radius 1 is 1.27 bits per heavy atom. The molecular weight excluding hydrogens is 396 g/mol. The second kappa shape index (κ2) is 9.45. The summed E-state index contributed by atoms with van der Waals surface area (Å²) in [5.41, 5.74) is 2.26. The molecule has 0 spiro atoms.